The zero-order chi connectivity index (χ0) is 24.4. The van der Waals surface area contributed by atoms with Gasteiger partial charge in [0.15, 0.2) is 0 Å². The van der Waals surface area contributed by atoms with E-state index in [1.165, 1.54) is 0 Å². The van der Waals surface area contributed by atoms with Crippen molar-refractivity contribution in [3.05, 3.63) is 23.8 Å². The summed E-state index contributed by atoms with van der Waals surface area (Å²) in [6.45, 7) is -0.674. The van der Waals surface area contributed by atoms with Crippen LogP contribution in [0.4, 0.5) is 43.9 Å². The normalized spacial score (nSPS) is 13.0. The highest BCUT2D eigenvalue weighted by molar-refractivity contribution is 5.84. The maximum Gasteiger partial charge on any atom is 0.465 e. The first-order valence-corrected chi connectivity index (χ1v) is 7.90. The van der Waals surface area contributed by atoms with E-state index in [0.717, 1.165) is 19.2 Å². The average molecular weight is 473 g/mol. The molecular formula is C16H13F10NO4. The Balaban J connectivity index is 2.94. The average Bonchev–Trinajstić information content (AvgIpc) is 2.63. The molecule has 176 valence electrons. The number of hydrogen-bond acceptors (Lipinski definition) is 4. The number of nitrogens with zero attached hydrogens (tertiary/aromatic N) is 1. The number of alkyl halides is 10. The molecule has 0 aromatic heterocycles. The number of hydrogen-bond donors (Lipinski definition) is 0. The van der Waals surface area contributed by atoms with E-state index in [4.69, 9.17) is 4.74 Å². The molecule has 0 aliphatic rings. The van der Waals surface area contributed by atoms with Crippen LogP contribution in [0.25, 0.3) is 0 Å². The summed E-state index contributed by atoms with van der Waals surface area (Å²) in [5.74, 6) is -18.0. The number of likely N-dealkylation sites (N-methyl/N-ethyl adjacent to an activating group) is 1. The van der Waals surface area contributed by atoms with Crippen LogP contribution in [0.5, 0.6) is 11.5 Å². The summed E-state index contributed by atoms with van der Waals surface area (Å²) in [6, 6.07) is 2.44. The van der Waals surface area contributed by atoms with Crippen molar-refractivity contribution < 1.29 is 63.0 Å². The summed E-state index contributed by atoms with van der Waals surface area (Å²) in [7, 11) is 1.67. The minimum atomic E-state index is -6.20. The third-order valence-corrected chi connectivity index (χ3v) is 3.77. The van der Waals surface area contributed by atoms with Gasteiger partial charge in [-0.2, -0.15) is 43.9 Å². The zero-order valence-corrected chi connectivity index (χ0v) is 15.5. The van der Waals surface area contributed by atoms with Gasteiger partial charge in [0.05, 0.1) is 7.11 Å². The van der Waals surface area contributed by atoms with Crippen molar-refractivity contribution in [1.29, 1.82) is 0 Å². The van der Waals surface area contributed by atoms with Gasteiger partial charge in [0, 0.05) is 19.7 Å². The van der Waals surface area contributed by atoms with Gasteiger partial charge in [0.2, 0.25) is 0 Å². The van der Waals surface area contributed by atoms with Gasteiger partial charge in [-0.25, -0.2) is 4.79 Å². The first kappa shape index (κ1) is 26.3. The molecule has 0 aliphatic heterocycles. The lowest BCUT2D eigenvalue weighted by atomic mass is 10.1. The lowest BCUT2D eigenvalue weighted by Crippen LogP contribution is -2.51. The van der Waals surface area contributed by atoms with Gasteiger partial charge in [-0.1, -0.05) is 6.07 Å². The fraction of sp³-hybridized carbons (Fsp3) is 0.500. The van der Waals surface area contributed by atoms with E-state index in [-0.39, 0.29) is 22.6 Å². The fourth-order valence-electron chi connectivity index (χ4n) is 2.03. The van der Waals surface area contributed by atoms with Crippen LogP contribution >= 0.6 is 0 Å². The highest BCUT2D eigenvalue weighted by Gasteiger charge is 2.65. The van der Waals surface area contributed by atoms with Gasteiger partial charge in [0.25, 0.3) is 0 Å². The first-order chi connectivity index (χ1) is 13.9. The topological polar surface area (TPSA) is 55.8 Å². The molecule has 0 fully saturated rings. The molecule has 0 atom stereocenters. The summed E-state index contributed by atoms with van der Waals surface area (Å²) >= 11 is 0. The van der Waals surface area contributed by atoms with Crippen molar-refractivity contribution in [3.63, 3.8) is 0 Å². The fourth-order valence-corrected chi connectivity index (χ4v) is 2.03. The summed E-state index contributed by atoms with van der Waals surface area (Å²) in [5.41, 5.74) is 0.0276. The molecule has 0 aliphatic carbocycles. The van der Waals surface area contributed by atoms with Gasteiger partial charge in [-0.3, -0.25) is 4.79 Å². The first-order valence-electron chi connectivity index (χ1n) is 7.90. The molecule has 1 amide bonds. The van der Waals surface area contributed by atoms with E-state index in [9.17, 15) is 53.5 Å². The van der Waals surface area contributed by atoms with Crippen molar-refractivity contribution in [2.45, 2.75) is 30.6 Å². The maximum atomic E-state index is 13.1. The third kappa shape index (κ3) is 5.70. The van der Waals surface area contributed by atoms with Crippen molar-refractivity contribution >= 4 is 11.9 Å². The largest absolute Gasteiger partial charge is 0.496 e. The number of esters is 1. The van der Waals surface area contributed by atoms with E-state index in [1.807, 2.05) is 0 Å². The predicted molar refractivity (Wildman–Crippen MR) is 82.0 cm³/mol. The lowest BCUT2D eigenvalue weighted by molar-refractivity contribution is -0.276. The molecule has 1 aromatic carbocycles. The van der Waals surface area contributed by atoms with Crippen LogP contribution in [0, 0.1) is 0 Å². The monoisotopic (exact) mass is 473 g/mol. The molecule has 0 radical (unpaired) electrons. The predicted octanol–water partition coefficient (Wildman–Crippen LogP) is 4.00. The van der Waals surface area contributed by atoms with Crippen LogP contribution in [-0.2, 0) is 16.0 Å². The van der Waals surface area contributed by atoms with Crippen molar-refractivity contribution in [2.24, 2.45) is 0 Å². The summed E-state index contributed by atoms with van der Waals surface area (Å²) in [4.78, 5) is 22.5. The number of amides is 1. The Hall–Kier alpha value is -2.74. The lowest BCUT2D eigenvalue weighted by Gasteiger charge is -2.25. The van der Waals surface area contributed by atoms with Crippen molar-refractivity contribution in [2.75, 3.05) is 20.7 Å². The number of methoxy groups -OCH3 is 1. The van der Waals surface area contributed by atoms with Crippen LogP contribution in [0.1, 0.15) is 5.56 Å². The Bertz CT molecular complexity index is 820. The molecule has 1 aromatic rings. The summed E-state index contributed by atoms with van der Waals surface area (Å²) < 4.78 is 134. The van der Waals surface area contributed by atoms with Crippen LogP contribution < -0.4 is 9.47 Å². The highest BCUT2D eigenvalue weighted by Crippen LogP contribution is 2.38. The molecular weight excluding hydrogens is 460 g/mol. The molecule has 15 heteroatoms. The molecule has 0 bridgehead atoms. The van der Waals surface area contributed by atoms with E-state index in [1.54, 1.807) is 0 Å². The van der Waals surface area contributed by atoms with Gasteiger partial charge in [-0.15, -0.1) is 0 Å². The minimum absolute atomic E-state index is 0.0276. The Morgan fingerprint density at radius 2 is 1.42 bits per heavy atom. The van der Waals surface area contributed by atoms with E-state index >= 15 is 0 Å². The number of carbonyl (C=O) groups is 2. The second-order valence-corrected chi connectivity index (χ2v) is 5.98. The van der Waals surface area contributed by atoms with Gasteiger partial charge >= 0.3 is 36.1 Å². The Morgan fingerprint density at radius 3 is 1.87 bits per heavy atom. The molecule has 5 nitrogen and oxygen atoms in total. The Kier molecular flexibility index (Phi) is 7.45. The van der Waals surface area contributed by atoms with Crippen molar-refractivity contribution in [1.82, 2.24) is 4.90 Å². The molecule has 0 saturated heterocycles. The van der Waals surface area contributed by atoms with Crippen LogP contribution in [0.2, 0.25) is 0 Å². The standard InChI is InChI=1S/C16H13F10NO4/c1-27(11(28)13(17,18)15(21,22)23)6-5-8-3-4-9(7-10(8)30-2)31-12(29)14(19,20)16(24,25)26/h3-4,7H,5-6H2,1-2H3. The number of rotatable bonds is 7. The molecule has 0 saturated carbocycles. The van der Waals surface area contributed by atoms with Crippen LogP contribution in [0.15, 0.2) is 18.2 Å². The van der Waals surface area contributed by atoms with E-state index < -0.39 is 48.4 Å². The SMILES string of the molecule is COc1cc(OC(=O)C(F)(F)C(F)(F)F)ccc1CCN(C)C(=O)C(F)(F)C(F)(F)F. The van der Waals surface area contributed by atoms with Gasteiger partial charge in [0.1, 0.15) is 11.5 Å². The zero-order valence-electron chi connectivity index (χ0n) is 15.5. The van der Waals surface area contributed by atoms with Gasteiger partial charge < -0.3 is 14.4 Å². The third-order valence-electron chi connectivity index (χ3n) is 3.77. The van der Waals surface area contributed by atoms with Crippen molar-refractivity contribution in [3.8, 4) is 11.5 Å². The quantitative estimate of drug-likeness (QED) is 0.342. The molecule has 0 unspecified atom stereocenters. The van der Waals surface area contributed by atoms with Crippen LogP contribution in [-0.4, -0.2) is 61.7 Å². The molecule has 0 N–H and O–H groups in total. The maximum absolute atomic E-state index is 13.1. The number of ether oxygens (including phenoxy) is 2. The smallest absolute Gasteiger partial charge is 0.465 e. The molecule has 31 heavy (non-hydrogen) atoms. The molecule has 0 heterocycles. The second kappa shape index (κ2) is 8.78. The van der Waals surface area contributed by atoms with E-state index in [2.05, 4.69) is 4.74 Å². The number of benzene rings is 1. The Morgan fingerprint density at radius 1 is 0.903 bits per heavy atom. The molecule has 0 spiro atoms. The number of carbonyl (C=O) groups excluding carboxylic acids is 2. The highest BCUT2D eigenvalue weighted by atomic mass is 19.4. The summed E-state index contributed by atoms with van der Waals surface area (Å²) in [6.07, 6.45) is -12.7. The minimum Gasteiger partial charge on any atom is -0.496 e. The van der Waals surface area contributed by atoms with Gasteiger partial charge in [-0.05, 0) is 18.1 Å². The summed E-state index contributed by atoms with van der Waals surface area (Å²) in [5, 5.41) is 0. The Labute approximate surface area is 167 Å². The van der Waals surface area contributed by atoms with E-state index in [0.29, 0.717) is 13.1 Å². The van der Waals surface area contributed by atoms with Crippen LogP contribution in [0.3, 0.4) is 0 Å². The number of halogens is 10. The molecule has 1 rings (SSSR count). The second-order valence-electron chi connectivity index (χ2n) is 5.98.